The van der Waals surface area contributed by atoms with Gasteiger partial charge in [0.05, 0.1) is 16.7 Å². The third kappa shape index (κ3) is 13.2. The number of hydrogen-bond acceptors (Lipinski definition) is 7. The van der Waals surface area contributed by atoms with E-state index in [-0.39, 0.29) is 11.5 Å². The van der Waals surface area contributed by atoms with E-state index in [1.807, 2.05) is 114 Å². The molecule has 4 aromatic carbocycles. The fourth-order valence-corrected chi connectivity index (χ4v) is 6.08. The minimum atomic E-state index is -0.931. The van der Waals surface area contributed by atoms with E-state index in [1.54, 1.807) is 38.1 Å². The second kappa shape index (κ2) is 21.2. The number of carbonyl (C=O) groups is 2. The maximum absolute atomic E-state index is 12.4. The van der Waals surface area contributed by atoms with Crippen molar-refractivity contribution in [3.63, 3.8) is 0 Å². The van der Waals surface area contributed by atoms with Gasteiger partial charge in [0.1, 0.15) is 22.7 Å². The topological polar surface area (TPSA) is 91.3 Å². The second-order valence-electron chi connectivity index (χ2n) is 15.3. The molecule has 11 heteroatoms. The van der Waals surface area contributed by atoms with Gasteiger partial charge in [-0.25, -0.2) is 9.59 Å². The third-order valence-corrected chi connectivity index (χ3v) is 9.60. The van der Waals surface area contributed by atoms with Crippen LogP contribution in [0.5, 0.6) is 11.5 Å². The van der Waals surface area contributed by atoms with Gasteiger partial charge >= 0.3 is 11.9 Å². The zero-order valence-electron chi connectivity index (χ0n) is 34.1. The molecule has 0 amide bonds. The van der Waals surface area contributed by atoms with Crippen molar-refractivity contribution in [2.75, 3.05) is 11.8 Å². The molecule has 0 unspecified atom stereocenters. The molecule has 2 aliphatic rings. The van der Waals surface area contributed by atoms with Crippen molar-refractivity contribution < 1.29 is 33.6 Å². The number of aryl methyl sites for hydroxylation is 2. The molecule has 57 heavy (non-hydrogen) atoms. The first-order valence-corrected chi connectivity index (χ1v) is 25.8. The van der Waals surface area contributed by atoms with Gasteiger partial charge in [-0.1, -0.05) is 97.8 Å². The van der Waals surface area contributed by atoms with Crippen LogP contribution in [0.3, 0.4) is 0 Å². The van der Waals surface area contributed by atoms with Crippen molar-refractivity contribution in [2.45, 2.75) is 92.0 Å². The van der Waals surface area contributed by atoms with Crippen molar-refractivity contribution in [1.82, 2.24) is 0 Å². The molecule has 2 aliphatic heterocycles. The maximum atomic E-state index is 12.4. The Labute approximate surface area is 371 Å². The second-order valence-corrected chi connectivity index (χ2v) is 16.1. The standard InChI is InChI=1S/C22H24O4.C22H24O3.C2H4Cl2.I2/c1-14-6-8-15(9-7-14)18-19(20(23)26-22(18,4)5)25-17-12-10-16(11-13-17)21(2,3)24;1-14(2)16-10-12-18(13-11-16)24-20-19(22(4,5)25-21(20)23)17-8-6-15(3)7-9-17;3-1-2-4;1-2/h6-13,24H,1-5H3;6-14H,1-5H3;1-2H2;. The molecule has 0 saturated carbocycles. The number of carbonyl (C=O) groups excluding carboxylic acids is 2. The summed E-state index contributed by atoms with van der Waals surface area (Å²) in [5, 5.41) is 10.1. The lowest BCUT2D eigenvalue weighted by Crippen LogP contribution is -2.22. The van der Waals surface area contributed by atoms with Crippen LogP contribution in [0.1, 0.15) is 94.7 Å². The summed E-state index contributed by atoms with van der Waals surface area (Å²) in [6.07, 6.45) is 0. The van der Waals surface area contributed by atoms with Crippen molar-refractivity contribution in [3.8, 4) is 11.5 Å². The Bertz CT molecular complexity index is 2010. The van der Waals surface area contributed by atoms with Gasteiger partial charge in [0.25, 0.3) is 0 Å². The van der Waals surface area contributed by atoms with Gasteiger partial charge in [0.15, 0.2) is 0 Å². The number of aliphatic hydroxyl groups is 1. The lowest BCUT2D eigenvalue weighted by atomic mass is 9.91. The van der Waals surface area contributed by atoms with Crippen molar-refractivity contribution in [2.24, 2.45) is 0 Å². The van der Waals surface area contributed by atoms with Gasteiger partial charge in [-0.15, -0.1) is 23.2 Å². The molecule has 0 aromatic heterocycles. The molecule has 6 rings (SSSR count). The maximum Gasteiger partial charge on any atom is 0.375 e. The predicted molar refractivity (Wildman–Crippen MR) is 249 cm³/mol. The van der Waals surface area contributed by atoms with Crippen molar-refractivity contribution >= 4 is 83.5 Å². The summed E-state index contributed by atoms with van der Waals surface area (Å²) >= 11 is 14.3. The summed E-state index contributed by atoms with van der Waals surface area (Å²) in [7, 11) is 0. The molecule has 0 fully saturated rings. The number of alkyl halides is 2. The van der Waals surface area contributed by atoms with Crippen LogP contribution >= 0.6 is 60.4 Å². The molecule has 0 atom stereocenters. The first-order chi connectivity index (χ1) is 26.8. The number of halogens is 4. The highest BCUT2D eigenvalue weighted by molar-refractivity contribution is 15.0. The fourth-order valence-electron chi connectivity index (χ4n) is 6.08. The Morgan fingerprint density at radius 3 is 1.26 bits per heavy atom. The van der Waals surface area contributed by atoms with Gasteiger partial charge in [-0.3, -0.25) is 0 Å². The average Bonchev–Trinajstić information content (AvgIpc) is 3.53. The molecular weight excluding hydrogens is 989 g/mol. The lowest BCUT2D eigenvalue weighted by molar-refractivity contribution is -0.146. The third-order valence-electron chi connectivity index (χ3n) is 9.02. The Hall–Kier alpha value is -3.10. The Balaban J connectivity index is 0.000000269. The van der Waals surface area contributed by atoms with E-state index in [1.165, 1.54) is 11.1 Å². The van der Waals surface area contributed by atoms with E-state index in [9.17, 15) is 14.7 Å². The van der Waals surface area contributed by atoms with Gasteiger partial charge in [0.2, 0.25) is 11.5 Å². The summed E-state index contributed by atoms with van der Waals surface area (Å²) in [6.45, 7) is 19.3. The highest BCUT2D eigenvalue weighted by Crippen LogP contribution is 2.42. The molecule has 2 heterocycles. The molecular formula is C46H52Cl2I2O7. The highest BCUT2D eigenvalue weighted by Gasteiger charge is 2.44. The van der Waals surface area contributed by atoms with E-state index in [4.69, 9.17) is 42.1 Å². The first kappa shape index (κ1) is 48.3. The molecule has 0 saturated heterocycles. The molecule has 0 radical (unpaired) electrons. The van der Waals surface area contributed by atoms with Crippen LogP contribution in [0, 0.1) is 13.8 Å². The van der Waals surface area contributed by atoms with E-state index in [0.717, 1.165) is 33.4 Å². The quantitative estimate of drug-likeness (QED) is 0.101. The summed E-state index contributed by atoms with van der Waals surface area (Å²) in [5.74, 6) is 2.30. The molecule has 306 valence electrons. The Morgan fingerprint density at radius 2 is 0.965 bits per heavy atom. The smallest absolute Gasteiger partial charge is 0.375 e. The zero-order valence-corrected chi connectivity index (χ0v) is 40.0. The minimum Gasteiger partial charge on any atom is -0.449 e. The lowest BCUT2D eigenvalue weighted by Gasteiger charge is -2.21. The number of cyclic esters (lactones) is 2. The average molecular weight is 1040 g/mol. The van der Waals surface area contributed by atoms with Crippen LogP contribution < -0.4 is 9.47 Å². The van der Waals surface area contributed by atoms with Crippen LogP contribution in [-0.4, -0.2) is 40.0 Å². The van der Waals surface area contributed by atoms with Crippen molar-refractivity contribution in [3.05, 3.63) is 142 Å². The monoisotopic (exact) mass is 1040 g/mol. The molecule has 7 nitrogen and oxygen atoms in total. The largest absolute Gasteiger partial charge is 0.449 e. The van der Waals surface area contributed by atoms with Crippen LogP contribution in [-0.2, 0) is 24.7 Å². The number of rotatable bonds is 9. The summed E-state index contributed by atoms with van der Waals surface area (Å²) in [5.41, 5.74) is 5.24. The normalized spacial score (nSPS) is 15.4. The van der Waals surface area contributed by atoms with Crippen LogP contribution in [0.25, 0.3) is 11.1 Å². The predicted octanol–water partition coefficient (Wildman–Crippen LogP) is 12.8. The minimum absolute atomic E-state index is 0.204. The summed E-state index contributed by atoms with van der Waals surface area (Å²) in [6, 6.07) is 30.9. The van der Waals surface area contributed by atoms with E-state index >= 15 is 0 Å². The van der Waals surface area contributed by atoms with Gasteiger partial charge in [-0.05, 0) is 108 Å². The van der Waals surface area contributed by atoms with E-state index in [0.29, 0.717) is 29.2 Å². The highest BCUT2D eigenvalue weighted by atomic mass is 128. The summed E-state index contributed by atoms with van der Waals surface area (Å²) in [4.78, 5) is 24.8. The first-order valence-electron chi connectivity index (χ1n) is 18.4. The summed E-state index contributed by atoms with van der Waals surface area (Å²) < 4.78 is 23.0. The number of benzene rings is 4. The van der Waals surface area contributed by atoms with Crippen molar-refractivity contribution in [1.29, 1.82) is 0 Å². The molecule has 1 N–H and O–H groups in total. The van der Waals surface area contributed by atoms with Gasteiger partial charge in [0, 0.05) is 49.0 Å². The molecule has 4 aromatic rings. The van der Waals surface area contributed by atoms with E-state index < -0.39 is 28.7 Å². The fraction of sp³-hybridized carbons (Fsp3) is 0.348. The van der Waals surface area contributed by atoms with Gasteiger partial charge in [-0.2, -0.15) is 0 Å². The van der Waals surface area contributed by atoms with E-state index in [2.05, 4.69) is 51.1 Å². The van der Waals surface area contributed by atoms with Crippen LogP contribution in [0.2, 0.25) is 0 Å². The molecule has 0 bridgehead atoms. The number of esters is 2. The number of hydrogen-bond donors (Lipinski definition) is 1. The number of ether oxygens (including phenoxy) is 4. The van der Waals surface area contributed by atoms with Crippen LogP contribution in [0.4, 0.5) is 0 Å². The van der Waals surface area contributed by atoms with Gasteiger partial charge < -0.3 is 24.1 Å². The SMILES string of the molecule is Cc1ccc(C2=C(Oc3ccc(C(C)(C)O)cc3)C(=O)OC2(C)C)cc1.Cc1ccc(C2=C(Oc3ccc(C(C)C)cc3)C(=O)OC2(C)C)cc1.ClCCCl.II. The molecule has 0 spiro atoms. The molecule has 0 aliphatic carbocycles. The Morgan fingerprint density at radius 1 is 0.632 bits per heavy atom. The Kier molecular flexibility index (Phi) is 18.0. The zero-order chi connectivity index (χ0) is 42.7. The van der Waals surface area contributed by atoms with Crippen LogP contribution in [0.15, 0.2) is 109 Å².